The van der Waals surface area contributed by atoms with Crippen molar-refractivity contribution in [1.29, 1.82) is 0 Å². The molecule has 164 valence electrons. The normalized spacial score (nSPS) is 16.1. The SMILES string of the molecule is CNS(=O)(=O)c1cccc(C(=O)OC(C)C(=O)N2c3ccccc3NC(=O)C2(C)C)c1. The summed E-state index contributed by atoms with van der Waals surface area (Å²) < 4.78 is 31.4. The van der Waals surface area contributed by atoms with Crippen LogP contribution in [0.1, 0.15) is 31.1 Å². The molecule has 0 aromatic heterocycles. The first kappa shape index (κ1) is 22.4. The van der Waals surface area contributed by atoms with E-state index < -0.39 is 33.5 Å². The minimum Gasteiger partial charge on any atom is -0.449 e. The van der Waals surface area contributed by atoms with E-state index in [0.717, 1.165) is 0 Å². The highest BCUT2D eigenvalue weighted by Crippen LogP contribution is 2.37. The lowest BCUT2D eigenvalue weighted by atomic mass is 9.95. The largest absolute Gasteiger partial charge is 0.449 e. The van der Waals surface area contributed by atoms with Crippen LogP contribution in [-0.4, -0.2) is 44.9 Å². The van der Waals surface area contributed by atoms with Crippen molar-refractivity contribution < 1.29 is 27.5 Å². The van der Waals surface area contributed by atoms with Crippen molar-refractivity contribution in [1.82, 2.24) is 4.72 Å². The third-order valence-corrected chi connectivity index (χ3v) is 6.42. The molecule has 1 aliphatic heterocycles. The summed E-state index contributed by atoms with van der Waals surface area (Å²) in [6.07, 6.45) is -1.23. The van der Waals surface area contributed by atoms with Crippen LogP contribution in [0.15, 0.2) is 53.4 Å². The second-order valence-corrected chi connectivity index (χ2v) is 9.37. The second-order valence-electron chi connectivity index (χ2n) is 7.49. The lowest BCUT2D eigenvalue weighted by molar-refractivity contribution is -0.131. The van der Waals surface area contributed by atoms with Crippen LogP contribution in [-0.2, 0) is 24.3 Å². The molecular weight excluding hydrogens is 422 g/mol. The molecule has 3 rings (SSSR count). The molecule has 0 aliphatic carbocycles. The third kappa shape index (κ3) is 4.17. The number of benzene rings is 2. The van der Waals surface area contributed by atoms with Gasteiger partial charge in [-0.2, -0.15) is 0 Å². The molecule has 0 saturated carbocycles. The molecule has 0 bridgehead atoms. The Morgan fingerprint density at radius 2 is 1.81 bits per heavy atom. The maximum absolute atomic E-state index is 13.2. The summed E-state index contributed by atoms with van der Waals surface area (Å²) in [7, 11) is -2.49. The Kier molecular flexibility index (Phi) is 5.88. The maximum Gasteiger partial charge on any atom is 0.338 e. The van der Waals surface area contributed by atoms with Crippen LogP contribution in [0.2, 0.25) is 0 Å². The number of amides is 2. The molecule has 0 spiro atoms. The van der Waals surface area contributed by atoms with Crippen LogP contribution in [0.5, 0.6) is 0 Å². The maximum atomic E-state index is 13.2. The van der Waals surface area contributed by atoms with Gasteiger partial charge in [0.05, 0.1) is 21.8 Å². The van der Waals surface area contributed by atoms with Gasteiger partial charge in [0.2, 0.25) is 15.9 Å². The van der Waals surface area contributed by atoms with E-state index in [2.05, 4.69) is 10.0 Å². The van der Waals surface area contributed by atoms with Crippen molar-refractivity contribution >= 4 is 39.2 Å². The number of sulfonamides is 1. The molecule has 10 heteroatoms. The summed E-state index contributed by atoms with van der Waals surface area (Å²) in [6, 6.07) is 12.1. The number of carbonyl (C=O) groups is 3. The minimum absolute atomic E-state index is 0.0213. The topological polar surface area (TPSA) is 122 Å². The van der Waals surface area contributed by atoms with Gasteiger partial charge in [0.25, 0.3) is 5.91 Å². The quantitative estimate of drug-likeness (QED) is 0.678. The molecule has 31 heavy (non-hydrogen) atoms. The lowest BCUT2D eigenvalue weighted by Crippen LogP contribution is -2.60. The first-order valence-electron chi connectivity index (χ1n) is 9.48. The monoisotopic (exact) mass is 445 g/mol. The van der Waals surface area contributed by atoms with Crippen molar-refractivity contribution in [3.05, 3.63) is 54.1 Å². The zero-order valence-corrected chi connectivity index (χ0v) is 18.3. The molecular formula is C21H23N3O6S. The Labute approximate surface area is 180 Å². The number of para-hydroxylation sites is 2. The molecule has 2 amide bonds. The first-order chi connectivity index (χ1) is 14.5. The Bertz CT molecular complexity index is 1160. The van der Waals surface area contributed by atoms with Gasteiger partial charge in [-0.1, -0.05) is 18.2 Å². The van der Waals surface area contributed by atoms with E-state index in [4.69, 9.17) is 4.74 Å². The van der Waals surface area contributed by atoms with Gasteiger partial charge in [0.1, 0.15) is 5.54 Å². The van der Waals surface area contributed by atoms with Gasteiger partial charge in [-0.3, -0.25) is 14.5 Å². The molecule has 1 unspecified atom stereocenters. The number of anilines is 2. The van der Waals surface area contributed by atoms with Gasteiger partial charge < -0.3 is 10.1 Å². The number of nitrogens with zero attached hydrogens (tertiary/aromatic N) is 1. The smallest absolute Gasteiger partial charge is 0.338 e. The van der Waals surface area contributed by atoms with E-state index in [9.17, 15) is 22.8 Å². The summed E-state index contributed by atoms with van der Waals surface area (Å²) in [4.78, 5) is 39.6. The van der Waals surface area contributed by atoms with Crippen LogP contribution >= 0.6 is 0 Å². The molecule has 1 heterocycles. The molecule has 0 saturated heterocycles. The average molecular weight is 445 g/mol. The predicted molar refractivity (Wildman–Crippen MR) is 114 cm³/mol. The van der Waals surface area contributed by atoms with Crippen molar-refractivity contribution in [2.75, 3.05) is 17.3 Å². The molecule has 1 aliphatic rings. The fourth-order valence-electron chi connectivity index (χ4n) is 3.22. The molecule has 2 aromatic carbocycles. The Morgan fingerprint density at radius 3 is 2.48 bits per heavy atom. The molecule has 1 atom stereocenters. The van der Waals surface area contributed by atoms with Crippen LogP contribution in [0.3, 0.4) is 0 Å². The van der Waals surface area contributed by atoms with Gasteiger partial charge in [0, 0.05) is 0 Å². The van der Waals surface area contributed by atoms with Crippen LogP contribution in [0.4, 0.5) is 11.4 Å². The number of hydrogen-bond acceptors (Lipinski definition) is 6. The zero-order valence-electron chi connectivity index (χ0n) is 17.5. The molecule has 2 aromatic rings. The van der Waals surface area contributed by atoms with Crippen LogP contribution in [0, 0.1) is 0 Å². The van der Waals surface area contributed by atoms with E-state index in [1.54, 1.807) is 38.1 Å². The number of ether oxygens (including phenoxy) is 1. The number of nitrogens with one attached hydrogen (secondary N) is 2. The zero-order chi connectivity index (χ0) is 23.0. The highest BCUT2D eigenvalue weighted by Gasteiger charge is 2.45. The summed E-state index contributed by atoms with van der Waals surface area (Å²) in [5.74, 6) is -1.82. The van der Waals surface area contributed by atoms with E-state index in [-0.39, 0.29) is 16.4 Å². The van der Waals surface area contributed by atoms with Gasteiger partial charge in [-0.25, -0.2) is 17.9 Å². The van der Waals surface area contributed by atoms with Crippen LogP contribution < -0.4 is 14.9 Å². The Morgan fingerprint density at radius 1 is 1.13 bits per heavy atom. The van der Waals surface area contributed by atoms with Crippen LogP contribution in [0.25, 0.3) is 0 Å². The highest BCUT2D eigenvalue weighted by atomic mass is 32.2. The minimum atomic E-state index is -3.75. The number of fused-ring (bicyclic) bond motifs is 1. The summed E-state index contributed by atoms with van der Waals surface area (Å²) in [5.41, 5.74) is -0.273. The van der Waals surface area contributed by atoms with Crippen molar-refractivity contribution in [2.45, 2.75) is 37.3 Å². The summed E-state index contributed by atoms with van der Waals surface area (Å²) in [5, 5.41) is 2.76. The lowest BCUT2D eigenvalue weighted by Gasteiger charge is -2.42. The Balaban J connectivity index is 1.86. The molecule has 2 N–H and O–H groups in total. The summed E-state index contributed by atoms with van der Waals surface area (Å²) in [6.45, 7) is 4.59. The number of hydrogen-bond donors (Lipinski definition) is 2. The van der Waals surface area contributed by atoms with Crippen molar-refractivity contribution in [2.24, 2.45) is 0 Å². The molecule has 9 nitrogen and oxygen atoms in total. The number of carbonyl (C=O) groups excluding carboxylic acids is 3. The van der Waals surface area contributed by atoms with E-state index in [1.165, 1.54) is 43.1 Å². The highest BCUT2D eigenvalue weighted by molar-refractivity contribution is 7.89. The van der Waals surface area contributed by atoms with Crippen molar-refractivity contribution in [3.8, 4) is 0 Å². The number of rotatable bonds is 5. The van der Waals surface area contributed by atoms with Gasteiger partial charge in [-0.15, -0.1) is 0 Å². The molecule has 0 fully saturated rings. The van der Waals surface area contributed by atoms with Gasteiger partial charge in [0.15, 0.2) is 6.10 Å². The standard InChI is InChI=1S/C21H23N3O6S/c1-13(30-19(26)14-8-7-9-15(12-14)31(28,29)22-4)18(25)24-17-11-6-5-10-16(17)23-20(27)21(24,2)3/h5-13,22H,1-4H3,(H,23,27). The Hall–Kier alpha value is -3.24. The second kappa shape index (κ2) is 8.12. The summed E-state index contributed by atoms with van der Waals surface area (Å²) >= 11 is 0. The van der Waals surface area contributed by atoms with Crippen molar-refractivity contribution in [3.63, 3.8) is 0 Å². The van der Waals surface area contributed by atoms with Gasteiger partial charge in [-0.05, 0) is 58.2 Å². The average Bonchev–Trinajstić information content (AvgIpc) is 2.74. The third-order valence-electron chi connectivity index (χ3n) is 5.01. The van der Waals surface area contributed by atoms with E-state index in [1.807, 2.05) is 0 Å². The fourth-order valence-corrected chi connectivity index (χ4v) is 3.99. The fraction of sp³-hybridized carbons (Fsp3) is 0.286. The van der Waals surface area contributed by atoms with E-state index >= 15 is 0 Å². The van der Waals surface area contributed by atoms with Gasteiger partial charge >= 0.3 is 5.97 Å². The number of esters is 1. The molecule has 0 radical (unpaired) electrons. The first-order valence-corrected chi connectivity index (χ1v) is 11.0. The van der Waals surface area contributed by atoms with E-state index in [0.29, 0.717) is 11.4 Å². The predicted octanol–water partition coefficient (Wildman–Crippen LogP) is 1.90.